The number of rotatable bonds is 3. The van der Waals surface area contributed by atoms with Gasteiger partial charge in [-0.05, 0) is 0 Å². The van der Waals surface area contributed by atoms with E-state index in [0.717, 1.165) is 0 Å². The molecule has 0 unspecified atom stereocenters. The van der Waals surface area contributed by atoms with Gasteiger partial charge in [-0.3, -0.25) is 0 Å². The largest absolute Gasteiger partial charge is 0.467 e. The number of nitrogens with zero attached hydrogens (tertiary/aromatic N) is 1. The van der Waals surface area contributed by atoms with Crippen LogP contribution in [-0.2, 0) is 14.3 Å². The van der Waals surface area contributed by atoms with E-state index in [9.17, 15) is 4.79 Å². The summed E-state index contributed by atoms with van der Waals surface area (Å²) in [5.74, 6) is -0.467. The number of carbonyl (C=O) groups is 1. The van der Waals surface area contributed by atoms with Crippen LogP contribution in [0, 0.1) is 11.3 Å². The quantitative estimate of drug-likeness (QED) is 0.387. The number of methoxy groups -OCH3 is 1. The van der Waals surface area contributed by atoms with Crippen LogP contribution in [0.15, 0.2) is 0 Å². The van der Waals surface area contributed by atoms with Crippen LogP contribution in [0.2, 0.25) is 0 Å². The van der Waals surface area contributed by atoms with Crippen LogP contribution in [0.4, 0.5) is 0 Å². The molecule has 0 amide bonds. The number of hydrogen-bond acceptors (Lipinski definition) is 4. The molecule has 4 heteroatoms. The highest BCUT2D eigenvalue weighted by Crippen LogP contribution is 1.75. The summed E-state index contributed by atoms with van der Waals surface area (Å²) >= 11 is 0. The summed E-state index contributed by atoms with van der Waals surface area (Å²) < 4.78 is 8.72. The Labute approximate surface area is 53.0 Å². The normalized spacial score (nSPS) is 8.00. The van der Waals surface area contributed by atoms with Crippen LogP contribution in [0.5, 0.6) is 0 Å². The predicted octanol–water partition coefficient (Wildman–Crippen LogP) is -0.300. The van der Waals surface area contributed by atoms with Crippen molar-refractivity contribution in [1.82, 2.24) is 0 Å². The van der Waals surface area contributed by atoms with Gasteiger partial charge in [0.25, 0.3) is 0 Å². The minimum Gasteiger partial charge on any atom is -0.467 e. The Morgan fingerprint density at radius 3 is 2.89 bits per heavy atom. The molecule has 9 heavy (non-hydrogen) atoms. The fourth-order valence-corrected chi connectivity index (χ4v) is 0.239. The topological polar surface area (TPSA) is 59.3 Å². The molecule has 0 aliphatic rings. The maximum atomic E-state index is 10.2. The van der Waals surface area contributed by atoms with E-state index in [0.29, 0.717) is 0 Å². The summed E-state index contributed by atoms with van der Waals surface area (Å²) in [6, 6.07) is 1.72. The Hall–Kier alpha value is -1.08. The van der Waals surface area contributed by atoms with E-state index in [4.69, 9.17) is 5.26 Å². The molecular weight excluding hydrogens is 122 g/mol. The van der Waals surface area contributed by atoms with E-state index in [1.165, 1.54) is 7.11 Å². The Balaban J connectivity index is 3.09. The Morgan fingerprint density at radius 1 is 1.78 bits per heavy atom. The third-order valence-electron chi connectivity index (χ3n) is 0.614. The average molecular weight is 129 g/mol. The zero-order chi connectivity index (χ0) is 7.11. The van der Waals surface area contributed by atoms with Gasteiger partial charge in [-0.25, -0.2) is 4.79 Å². The van der Waals surface area contributed by atoms with Gasteiger partial charge < -0.3 is 9.47 Å². The zero-order valence-electron chi connectivity index (χ0n) is 5.09. The zero-order valence-corrected chi connectivity index (χ0v) is 5.09. The van der Waals surface area contributed by atoms with Crippen molar-refractivity contribution in [2.45, 2.75) is 0 Å². The maximum Gasteiger partial charge on any atom is 0.331 e. The Morgan fingerprint density at radius 2 is 2.44 bits per heavy atom. The second-order valence-corrected chi connectivity index (χ2v) is 1.23. The second-order valence-electron chi connectivity index (χ2n) is 1.23. The van der Waals surface area contributed by atoms with E-state index < -0.39 is 5.97 Å². The van der Waals surface area contributed by atoms with Crippen LogP contribution in [0.25, 0.3) is 0 Å². The lowest BCUT2D eigenvalue weighted by Crippen LogP contribution is -2.09. The van der Waals surface area contributed by atoms with Gasteiger partial charge in [-0.1, -0.05) is 0 Å². The molecule has 0 radical (unpaired) electrons. The molecule has 0 spiro atoms. The van der Waals surface area contributed by atoms with E-state index in [1.54, 1.807) is 6.07 Å². The number of hydrogen-bond donors (Lipinski definition) is 0. The minimum absolute atomic E-state index is 0.0743. The first-order chi connectivity index (χ1) is 4.31. The van der Waals surface area contributed by atoms with Gasteiger partial charge in [-0.2, -0.15) is 5.26 Å². The van der Waals surface area contributed by atoms with Crippen molar-refractivity contribution in [2.24, 2.45) is 0 Å². The average Bonchev–Trinajstić information content (AvgIpc) is 1.89. The highest BCUT2D eigenvalue weighted by Gasteiger charge is 1.96. The molecule has 50 valence electrons. The molecule has 0 aromatic carbocycles. The summed E-state index contributed by atoms with van der Waals surface area (Å²) in [5, 5.41) is 7.92. The lowest BCUT2D eigenvalue weighted by atomic mass is 10.7. The van der Waals surface area contributed by atoms with Crippen molar-refractivity contribution >= 4 is 5.97 Å². The Bertz CT molecular complexity index is 127. The van der Waals surface area contributed by atoms with Crippen LogP contribution in [0.1, 0.15) is 0 Å². The van der Waals surface area contributed by atoms with Crippen molar-refractivity contribution in [1.29, 1.82) is 5.26 Å². The number of esters is 1. The molecule has 0 atom stereocenters. The summed E-state index contributed by atoms with van der Waals surface area (Å²) in [6.07, 6.45) is 0. The summed E-state index contributed by atoms with van der Waals surface area (Å²) in [5.41, 5.74) is 0. The Kier molecular flexibility index (Phi) is 4.46. The van der Waals surface area contributed by atoms with Crippen LogP contribution in [-0.4, -0.2) is 26.3 Å². The molecule has 0 fully saturated rings. The number of carbonyl (C=O) groups excluding carboxylic acids is 1. The first-order valence-corrected chi connectivity index (χ1v) is 2.32. The van der Waals surface area contributed by atoms with Crippen molar-refractivity contribution < 1.29 is 14.3 Å². The number of nitriles is 1. The maximum absolute atomic E-state index is 10.2. The van der Waals surface area contributed by atoms with Gasteiger partial charge in [0, 0.05) is 0 Å². The molecule has 0 rings (SSSR count). The highest BCUT2D eigenvalue weighted by molar-refractivity contribution is 5.70. The predicted molar refractivity (Wildman–Crippen MR) is 28.4 cm³/mol. The minimum atomic E-state index is -0.467. The van der Waals surface area contributed by atoms with Gasteiger partial charge in [0.1, 0.15) is 13.2 Å². The lowest BCUT2D eigenvalue weighted by Gasteiger charge is -1.95. The van der Waals surface area contributed by atoms with Crippen molar-refractivity contribution in [2.75, 3.05) is 20.3 Å². The fourth-order valence-electron chi connectivity index (χ4n) is 0.239. The summed E-state index contributed by atoms with van der Waals surface area (Å²) in [7, 11) is 1.26. The van der Waals surface area contributed by atoms with E-state index in [2.05, 4.69) is 9.47 Å². The van der Waals surface area contributed by atoms with Gasteiger partial charge >= 0.3 is 5.97 Å². The summed E-state index contributed by atoms with van der Waals surface area (Å²) in [4.78, 5) is 10.2. The van der Waals surface area contributed by atoms with E-state index in [1.807, 2.05) is 0 Å². The lowest BCUT2D eigenvalue weighted by molar-refractivity contribution is -0.145. The van der Waals surface area contributed by atoms with Gasteiger partial charge in [0.05, 0.1) is 13.2 Å². The molecular formula is C5H7NO3. The molecule has 0 aromatic rings. The van der Waals surface area contributed by atoms with Crippen LogP contribution < -0.4 is 0 Å². The molecule has 0 aliphatic heterocycles. The third-order valence-corrected chi connectivity index (χ3v) is 0.614. The molecule has 0 N–H and O–H groups in total. The smallest absolute Gasteiger partial charge is 0.331 e. The monoisotopic (exact) mass is 129 g/mol. The third kappa shape index (κ3) is 4.78. The summed E-state index contributed by atoms with van der Waals surface area (Å²) in [6.45, 7) is -0.223. The van der Waals surface area contributed by atoms with E-state index >= 15 is 0 Å². The molecule has 0 bridgehead atoms. The fraction of sp³-hybridized carbons (Fsp3) is 0.600. The number of ether oxygens (including phenoxy) is 2. The van der Waals surface area contributed by atoms with Crippen molar-refractivity contribution in [3.63, 3.8) is 0 Å². The highest BCUT2D eigenvalue weighted by atomic mass is 16.6. The standard InChI is InChI=1S/C5H7NO3/c1-8-5(7)4-9-3-2-6/h3-4H2,1H3. The van der Waals surface area contributed by atoms with Crippen LogP contribution >= 0.6 is 0 Å². The first kappa shape index (κ1) is 7.92. The molecule has 0 heterocycles. The van der Waals surface area contributed by atoms with Gasteiger partial charge in [0.15, 0.2) is 0 Å². The molecule has 0 aliphatic carbocycles. The molecule has 4 nitrogen and oxygen atoms in total. The SMILES string of the molecule is COC(=O)COCC#N. The first-order valence-electron chi connectivity index (χ1n) is 2.32. The van der Waals surface area contributed by atoms with Gasteiger partial charge in [-0.15, -0.1) is 0 Å². The molecule has 0 saturated carbocycles. The van der Waals surface area contributed by atoms with Crippen molar-refractivity contribution in [3.8, 4) is 6.07 Å². The van der Waals surface area contributed by atoms with Crippen molar-refractivity contribution in [3.05, 3.63) is 0 Å². The van der Waals surface area contributed by atoms with Crippen LogP contribution in [0.3, 0.4) is 0 Å². The van der Waals surface area contributed by atoms with Gasteiger partial charge in [0.2, 0.25) is 0 Å². The molecule has 0 saturated heterocycles. The second kappa shape index (κ2) is 5.06. The van der Waals surface area contributed by atoms with E-state index in [-0.39, 0.29) is 13.2 Å². The molecule has 0 aromatic heterocycles.